The van der Waals surface area contributed by atoms with E-state index in [-0.39, 0.29) is 0 Å². The topological polar surface area (TPSA) is 40.5 Å². The van der Waals surface area contributed by atoms with E-state index in [1.165, 1.54) is 12.1 Å². The molecule has 0 bridgehead atoms. The number of benzene rings is 1. The molecule has 0 spiro atoms. The molecule has 0 aliphatic carbocycles. The zero-order chi connectivity index (χ0) is 11.2. The molecule has 7 heteroatoms. The van der Waals surface area contributed by atoms with Gasteiger partial charge in [-0.1, -0.05) is 11.6 Å². The zero-order valence-corrected chi connectivity index (χ0v) is 7.68. The first kappa shape index (κ1) is 13.3. The van der Waals surface area contributed by atoms with Crippen molar-refractivity contribution in [2.24, 2.45) is 0 Å². The van der Waals surface area contributed by atoms with Crippen molar-refractivity contribution < 1.29 is 23.2 Å². The van der Waals surface area contributed by atoms with Crippen LogP contribution in [0.25, 0.3) is 0 Å². The predicted molar refractivity (Wildman–Crippen MR) is 48.0 cm³/mol. The van der Waals surface area contributed by atoms with Crippen LogP contribution in [-0.4, -0.2) is 17.7 Å². The van der Waals surface area contributed by atoms with E-state index in [0.29, 0.717) is 5.02 Å². The maximum atomic E-state index is 11.9. The summed E-state index contributed by atoms with van der Waals surface area (Å²) in [5, 5.41) is 14.6. The first-order chi connectivity index (χ1) is 6.41. The van der Waals surface area contributed by atoms with Crippen LogP contribution < -0.4 is 0 Å². The smallest absolute Gasteiger partial charge is 0.430 e. The minimum Gasteiger partial charge on any atom is -0.430 e. The van der Waals surface area contributed by atoms with Crippen molar-refractivity contribution in [3.05, 3.63) is 34.9 Å². The van der Waals surface area contributed by atoms with Gasteiger partial charge in [0.2, 0.25) is 0 Å². The summed E-state index contributed by atoms with van der Waals surface area (Å²) in [5.41, 5.74) is -0.679. The SMILES string of the molecule is FC(F)(F)c1ccc(Cl)cc1.OBO. The molecular formula is C7H7BClF3O2. The summed E-state index contributed by atoms with van der Waals surface area (Å²) < 4.78 is 35.6. The zero-order valence-electron chi connectivity index (χ0n) is 6.92. The number of hydrogen-bond acceptors (Lipinski definition) is 2. The molecule has 1 aromatic carbocycles. The Labute approximate surface area is 84.2 Å². The largest absolute Gasteiger partial charge is 0.432 e. The van der Waals surface area contributed by atoms with Crippen LogP contribution >= 0.6 is 11.6 Å². The Hall–Kier alpha value is -0.715. The van der Waals surface area contributed by atoms with Gasteiger partial charge in [0.05, 0.1) is 5.56 Å². The van der Waals surface area contributed by atoms with Gasteiger partial charge < -0.3 is 10.0 Å². The molecule has 0 fully saturated rings. The normalized spacial score (nSPS) is 10.1. The second-order valence-electron chi connectivity index (χ2n) is 2.15. The van der Waals surface area contributed by atoms with Gasteiger partial charge in [0.1, 0.15) is 0 Å². The third-order valence-electron chi connectivity index (χ3n) is 1.17. The fourth-order valence-corrected chi connectivity index (χ4v) is 0.765. The Bertz CT molecular complexity index is 263. The molecule has 0 saturated heterocycles. The monoisotopic (exact) mass is 226 g/mol. The lowest BCUT2D eigenvalue weighted by atomic mass is 10.2. The summed E-state index contributed by atoms with van der Waals surface area (Å²) in [7, 11) is -0.750. The third-order valence-corrected chi connectivity index (χ3v) is 1.42. The molecular weight excluding hydrogens is 219 g/mol. The van der Waals surface area contributed by atoms with Crippen LogP contribution in [0.5, 0.6) is 0 Å². The Morgan fingerprint density at radius 2 is 1.43 bits per heavy atom. The summed E-state index contributed by atoms with van der Waals surface area (Å²) >= 11 is 5.39. The van der Waals surface area contributed by atoms with Gasteiger partial charge in [-0.3, -0.25) is 0 Å². The van der Waals surface area contributed by atoms with E-state index in [2.05, 4.69) is 0 Å². The maximum absolute atomic E-state index is 11.9. The number of rotatable bonds is 0. The Kier molecular flexibility index (Phi) is 5.60. The van der Waals surface area contributed by atoms with Gasteiger partial charge in [-0.05, 0) is 24.3 Å². The van der Waals surface area contributed by atoms with E-state index >= 15 is 0 Å². The van der Waals surface area contributed by atoms with Crippen molar-refractivity contribution >= 4 is 19.3 Å². The van der Waals surface area contributed by atoms with Crippen molar-refractivity contribution in [1.29, 1.82) is 0 Å². The van der Waals surface area contributed by atoms with E-state index in [0.717, 1.165) is 12.1 Å². The number of alkyl halides is 3. The summed E-state index contributed by atoms with van der Waals surface area (Å²) in [6, 6.07) is 4.32. The van der Waals surface area contributed by atoms with Crippen LogP contribution in [0.4, 0.5) is 13.2 Å². The molecule has 1 rings (SSSR count). The minimum atomic E-state index is -4.27. The molecule has 0 aliphatic heterocycles. The Morgan fingerprint density at radius 3 is 1.71 bits per heavy atom. The van der Waals surface area contributed by atoms with E-state index in [9.17, 15) is 13.2 Å². The fourth-order valence-electron chi connectivity index (χ4n) is 0.639. The third kappa shape index (κ3) is 5.11. The quantitative estimate of drug-likeness (QED) is 0.660. The van der Waals surface area contributed by atoms with Gasteiger partial charge in [0, 0.05) is 5.02 Å². The Morgan fingerprint density at radius 1 is 1.07 bits per heavy atom. The maximum Gasteiger partial charge on any atom is 0.432 e. The molecule has 0 aliphatic rings. The first-order valence-electron chi connectivity index (χ1n) is 3.46. The molecule has 0 radical (unpaired) electrons. The molecule has 0 atom stereocenters. The van der Waals surface area contributed by atoms with Crippen LogP contribution in [0, 0.1) is 0 Å². The first-order valence-corrected chi connectivity index (χ1v) is 3.84. The van der Waals surface area contributed by atoms with Crippen LogP contribution in [0.15, 0.2) is 24.3 Å². The van der Waals surface area contributed by atoms with Gasteiger partial charge in [-0.25, -0.2) is 0 Å². The summed E-state index contributed by atoms with van der Waals surface area (Å²) in [6.45, 7) is 0. The molecule has 1 aromatic rings. The molecule has 0 unspecified atom stereocenters. The van der Waals surface area contributed by atoms with Crippen LogP contribution in [-0.2, 0) is 6.18 Å². The lowest BCUT2D eigenvalue weighted by molar-refractivity contribution is -0.137. The van der Waals surface area contributed by atoms with E-state index < -0.39 is 19.4 Å². The van der Waals surface area contributed by atoms with Crippen LogP contribution in [0.3, 0.4) is 0 Å². The molecule has 2 nitrogen and oxygen atoms in total. The highest BCUT2D eigenvalue weighted by Gasteiger charge is 2.29. The van der Waals surface area contributed by atoms with Crippen molar-refractivity contribution in [2.75, 3.05) is 0 Å². The van der Waals surface area contributed by atoms with Gasteiger partial charge in [0.25, 0.3) is 0 Å². The molecule has 2 N–H and O–H groups in total. The minimum absolute atomic E-state index is 0.304. The molecule has 0 heterocycles. The summed E-state index contributed by atoms with van der Waals surface area (Å²) in [6.07, 6.45) is -4.27. The summed E-state index contributed by atoms with van der Waals surface area (Å²) in [4.78, 5) is 0. The summed E-state index contributed by atoms with van der Waals surface area (Å²) in [5.74, 6) is 0. The van der Waals surface area contributed by atoms with Crippen LogP contribution in [0.1, 0.15) is 5.56 Å². The van der Waals surface area contributed by atoms with Crippen molar-refractivity contribution in [1.82, 2.24) is 0 Å². The second kappa shape index (κ2) is 5.90. The molecule has 14 heavy (non-hydrogen) atoms. The average molecular weight is 226 g/mol. The van der Waals surface area contributed by atoms with E-state index in [1.54, 1.807) is 0 Å². The van der Waals surface area contributed by atoms with Crippen LogP contribution in [0.2, 0.25) is 5.02 Å². The molecule has 0 aromatic heterocycles. The van der Waals surface area contributed by atoms with Gasteiger partial charge >= 0.3 is 13.9 Å². The second-order valence-corrected chi connectivity index (χ2v) is 2.58. The lowest BCUT2D eigenvalue weighted by Gasteiger charge is -2.04. The van der Waals surface area contributed by atoms with Crippen molar-refractivity contribution in [3.63, 3.8) is 0 Å². The van der Waals surface area contributed by atoms with Crippen molar-refractivity contribution in [2.45, 2.75) is 6.18 Å². The average Bonchev–Trinajstić information content (AvgIpc) is 2.04. The van der Waals surface area contributed by atoms with Gasteiger partial charge in [-0.2, -0.15) is 13.2 Å². The number of hydrogen-bond donors (Lipinski definition) is 2. The lowest BCUT2D eigenvalue weighted by Crippen LogP contribution is -2.03. The van der Waals surface area contributed by atoms with Gasteiger partial charge in [0.15, 0.2) is 0 Å². The highest BCUT2D eigenvalue weighted by atomic mass is 35.5. The fraction of sp³-hybridized carbons (Fsp3) is 0.143. The number of halogens is 4. The van der Waals surface area contributed by atoms with E-state index in [1.807, 2.05) is 0 Å². The van der Waals surface area contributed by atoms with Gasteiger partial charge in [-0.15, -0.1) is 0 Å². The standard InChI is InChI=1S/C7H4ClF3.BH3O2/c8-6-3-1-5(2-4-6)7(9,10)11;2-1-3/h1-4H;1-3H. The van der Waals surface area contributed by atoms with E-state index in [4.69, 9.17) is 21.6 Å². The predicted octanol–water partition coefficient (Wildman–Crippen LogP) is 1.60. The molecule has 0 saturated carbocycles. The molecule has 0 amide bonds. The molecule has 78 valence electrons. The highest BCUT2D eigenvalue weighted by Crippen LogP contribution is 2.29. The Balaban J connectivity index is 0.000000500. The highest BCUT2D eigenvalue weighted by molar-refractivity contribution is 6.30. The van der Waals surface area contributed by atoms with Crippen molar-refractivity contribution in [3.8, 4) is 0 Å².